The van der Waals surface area contributed by atoms with Gasteiger partial charge in [-0.05, 0) is 55.2 Å². The van der Waals surface area contributed by atoms with E-state index >= 15 is 0 Å². The number of carbonyl (C=O) groups excluding carboxylic acids is 1. The molecule has 1 saturated carbocycles. The molecule has 140 valence electrons. The summed E-state index contributed by atoms with van der Waals surface area (Å²) in [5, 5.41) is 5.90. The number of rotatable bonds is 6. The Bertz CT molecular complexity index is 914. The van der Waals surface area contributed by atoms with Crippen LogP contribution in [0, 0.1) is 12.8 Å². The van der Waals surface area contributed by atoms with Gasteiger partial charge in [-0.25, -0.2) is 4.98 Å². The molecule has 6 N–H and O–H groups in total. The van der Waals surface area contributed by atoms with Crippen molar-refractivity contribution in [1.82, 2.24) is 9.97 Å². The third-order valence-electron chi connectivity index (χ3n) is 4.47. The third-order valence-corrected chi connectivity index (χ3v) is 4.47. The van der Waals surface area contributed by atoms with Crippen molar-refractivity contribution in [2.75, 3.05) is 17.7 Å². The summed E-state index contributed by atoms with van der Waals surface area (Å²) in [6.07, 6.45) is 8.56. The van der Waals surface area contributed by atoms with Gasteiger partial charge in [-0.2, -0.15) is 0 Å². The van der Waals surface area contributed by atoms with Gasteiger partial charge in [0.25, 0.3) is 0 Å². The van der Waals surface area contributed by atoms with Crippen molar-refractivity contribution in [2.24, 2.45) is 17.4 Å². The Morgan fingerprint density at radius 2 is 2.07 bits per heavy atom. The van der Waals surface area contributed by atoms with Gasteiger partial charge in [0.05, 0.1) is 11.9 Å². The maximum Gasteiger partial charge on any atom is 0.228 e. The fourth-order valence-electron chi connectivity index (χ4n) is 2.69. The number of anilines is 2. The smallest absolute Gasteiger partial charge is 0.228 e. The predicted octanol–water partition coefficient (Wildman–Crippen LogP) is 2.47. The minimum atomic E-state index is 0.0126. The highest BCUT2D eigenvalue weighted by Crippen LogP contribution is 2.30. The lowest BCUT2D eigenvalue weighted by Gasteiger charge is -2.10. The van der Waals surface area contributed by atoms with Gasteiger partial charge in [-0.3, -0.25) is 9.78 Å². The summed E-state index contributed by atoms with van der Waals surface area (Å²) in [5.74, 6) is 0.634. The largest absolute Gasteiger partial charge is 0.404 e. The number of nitrogens with two attached hydrogens (primary N) is 2. The molecular formula is C20H24N6O. The van der Waals surface area contributed by atoms with Crippen molar-refractivity contribution in [3.05, 3.63) is 59.7 Å². The number of hydrogen-bond donors (Lipinski definition) is 4. The van der Waals surface area contributed by atoms with Crippen LogP contribution in [0.2, 0.25) is 0 Å². The SMILES string of the molecule is CNc1cnc(C)c(/C(N)=C/C(=C\N)c2ccnc(NC(=O)C3CC3)c2)c1. The first kappa shape index (κ1) is 18.4. The minimum Gasteiger partial charge on any atom is -0.404 e. The first-order valence-electron chi connectivity index (χ1n) is 8.83. The molecule has 7 heteroatoms. The second-order valence-electron chi connectivity index (χ2n) is 6.52. The van der Waals surface area contributed by atoms with Crippen LogP contribution in [0.1, 0.15) is 29.7 Å². The summed E-state index contributed by atoms with van der Waals surface area (Å²) >= 11 is 0. The zero-order valence-electron chi connectivity index (χ0n) is 15.5. The summed E-state index contributed by atoms with van der Waals surface area (Å²) in [5.41, 5.74) is 16.8. The Labute approximate surface area is 158 Å². The van der Waals surface area contributed by atoms with Gasteiger partial charge < -0.3 is 22.1 Å². The van der Waals surface area contributed by atoms with Gasteiger partial charge in [-0.15, -0.1) is 0 Å². The van der Waals surface area contributed by atoms with Crippen molar-refractivity contribution >= 4 is 28.7 Å². The highest BCUT2D eigenvalue weighted by molar-refractivity contribution is 5.94. The van der Waals surface area contributed by atoms with Crippen molar-refractivity contribution in [1.29, 1.82) is 0 Å². The molecule has 0 unspecified atom stereocenters. The molecule has 27 heavy (non-hydrogen) atoms. The van der Waals surface area contributed by atoms with Crippen LogP contribution in [0.3, 0.4) is 0 Å². The Morgan fingerprint density at radius 1 is 1.30 bits per heavy atom. The van der Waals surface area contributed by atoms with Gasteiger partial charge in [0.1, 0.15) is 5.82 Å². The summed E-state index contributed by atoms with van der Waals surface area (Å²) < 4.78 is 0. The molecule has 7 nitrogen and oxygen atoms in total. The minimum absolute atomic E-state index is 0.0126. The molecule has 3 rings (SSSR count). The lowest BCUT2D eigenvalue weighted by molar-refractivity contribution is -0.117. The van der Waals surface area contributed by atoms with Crippen LogP contribution in [0.15, 0.2) is 42.9 Å². The van der Waals surface area contributed by atoms with Crippen molar-refractivity contribution < 1.29 is 4.79 Å². The fraction of sp³-hybridized carbons (Fsp3) is 0.250. The van der Waals surface area contributed by atoms with Crippen LogP contribution in [-0.4, -0.2) is 22.9 Å². The Balaban J connectivity index is 1.86. The quantitative estimate of drug-likeness (QED) is 0.585. The molecule has 1 fully saturated rings. The van der Waals surface area contributed by atoms with E-state index in [1.807, 2.05) is 26.1 Å². The Hall–Kier alpha value is -3.35. The molecule has 1 amide bonds. The van der Waals surface area contributed by atoms with Gasteiger partial charge in [0.15, 0.2) is 0 Å². The van der Waals surface area contributed by atoms with Crippen LogP contribution in [0.5, 0.6) is 0 Å². The average Bonchev–Trinajstić information content (AvgIpc) is 3.52. The van der Waals surface area contributed by atoms with Gasteiger partial charge >= 0.3 is 0 Å². The van der Waals surface area contributed by atoms with Crippen molar-refractivity contribution in [3.63, 3.8) is 0 Å². The second kappa shape index (κ2) is 7.90. The average molecular weight is 364 g/mol. The van der Waals surface area contributed by atoms with E-state index < -0.39 is 0 Å². The first-order chi connectivity index (χ1) is 13.0. The number of nitrogens with one attached hydrogen (secondary N) is 2. The predicted molar refractivity (Wildman–Crippen MR) is 108 cm³/mol. The van der Waals surface area contributed by atoms with Crippen LogP contribution < -0.4 is 22.1 Å². The number of carbonyl (C=O) groups is 1. The molecule has 2 heterocycles. The number of amides is 1. The maximum atomic E-state index is 12.0. The first-order valence-corrected chi connectivity index (χ1v) is 8.83. The molecule has 0 atom stereocenters. The van der Waals surface area contributed by atoms with E-state index in [2.05, 4.69) is 20.6 Å². The Morgan fingerprint density at radius 3 is 2.74 bits per heavy atom. The lowest BCUT2D eigenvalue weighted by atomic mass is 10.0. The fourth-order valence-corrected chi connectivity index (χ4v) is 2.69. The van der Waals surface area contributed by atoms with Crippen molar-refractivity contribution in [3.8, 4) is 0 Å². The normalized spacial score (nSPS) is 14.7. The molecule has 1 aliphatic carbocycles. The highest BCUT2D eigenvalue weighted by atomic mass is 16.2. The molecule has 0 aromatic carbocycles. The van der Waals surface area contributed by atoms with Crippen LogP contribution in [0.25, 0.3) is 11.3 Å². The molecule has 2 aromatic heterocycles. The van der Waals surface area contributed by atoms with E-state index in [1.165, 1.54) is 6.20 Å². The van der Waals surface area contributed by atoms with Crippen LogP contribution in [-0.2, 0) is 4.79 Å². The summed E-state index contributed by atoms with van der Waals surface area (Å²) in [4.78, 5) is 20.5. The molecule has 0 bridgehead atoms. The van der Waals surface area contributed by atoms with E-state index in [0.717, 1.165) is 40.9 Å². The molecular weight excluding hydrogens is 340 g/mol. The third kappa shape index (κ3) is 4.44. The highest BCUT2D eigenvalue weighted by Gasteiger charge is 2.29. The Kier molecular flexibility index (Phi) is 5.40. The molecule has 0 radical (unpaired) electrons. The molecule has 2 aromatic rings. The van der Waals surface area contributed by atoms with E-state index in [4.69, 9.17) is 11.5 Å². The van der Waals surface area contributed by atoms with Crippen molar-refractivity contribution in [2.45, 2.75) is 19.8 Å². The maximum absolute atomic E-state index is 12.0. The number of aromatic nitrogens is 2. The summed E-state index contributed by atoms with van der Waals surface area (Å²) in [6.45, 7) is 1.90. The number of allylic oxidation sites excluding steroid dienone is 2. The van der Waals surface area contributed by atoms with E-state index in [9.17, 15) is 4.79 Å². The topological polar surface area (TPSA) is 119 Å². The van der Waals surface area contributed by atoms with E-state index in [1.54, 1.807) is 24.5 Å². The van der Waals surface area contributed by atoms with Gasteiger partial charge in [0.2, 0.25) is 5.91 Å². The lowest BCUT2D eigenvalue weighted by Crippen LogP contribution is -2.14. The van der Waals surface area contributed by atoms with Gasteiger partial charge in [0, 0.05) is 42.3 Å². The van der Waals surface area contributed by atoms with Gasteiger partial charge in [-0.1, -0.05) is 0 Å². The van der Waals surface area contributed by atoms with Crippen LogP contribution >= 0.6 is 0 Å². The number of pyridine rings is 2. The molecule has 1 aliphatic rings. The number of aryl methyl sites for hydroxylation is 1. The number of nitrogens with zero attached hydrogens (tertiary/aromatic N) is 2. The zero-order chi connectivity index (χ0) is 19.4. The molecule has 0 saturated heterocycles. The molecule has 0 aliphatic heterocycles. The van der Waals surface area contributed by atoms with E-state index in [0.29, 0.717) is 11.5 Å². The summed E-state index contributed by atoms with van der Waals surface area (Å²) in [7, 11) is 1.83. The monoisotopic (exact) mass is 364 g/mol. The molecule has 0 spiro atoms. The zero-order valence-corrected chi connectivity index (χ0v) is 15.5. The second-order valence-corrected chi connectivity index (χ2v) is 6.52. The number of hydrogen-bond acceptors (Lipinski definition) is 6. The van der Waals surface area contributed by atoms with Crippen LogP contribution in [0.4, 0.5) is 11.5 Å². The van der Waals surface area contributed by atoms with E-state index in [-0.39, 0.29) is 11.8 Å². The standard InChI is InChI=1S/C20H24N6O/c1-12-17(9-16(23-2)11-25-12)18(22)7-15(10-21)14-5-6-24-19(8-14)26-20(27)13-3-4-13/h5-11,13,23H,3-4,21-22H2,1-2H3,(H,24,26,27)/b15-10+,18-7-. The summed E-state index contributed by atoms with van der Waals surface area (Å²) in [6, 6.07) is 5.55.